The highest BCUT2D eigenvalue weighted by atomic mass is 35.5. The summed E-state index contributed by atoms with van der Waals surface area (Å²) in [5.74, 6) is 0.599. The van der Waals surface area contributed by atoms with E-state index in [4.69, 9.17) is 26.3 Å². The summed E-state index contributed by atoms with van der Waals surface area (Å²) in [5, 5.41) is 12.8. The van der Waals surface area contributed by atoms with E-state index in [2.05, 4.69) is 11.4 Å². The maximum absolute atomic E-state index is 12.2. The second kappa shape index (κ2) is 7.87. The Labute approximate surface area is 134 Å². The molecule has 0 aromatic heterocycles. The molecule has 0 unspecified atom stereocenters. The first-order valence-corrected chi connectivity index (χ1v) is 7.37. The molecule has 1 fully saturated rings. The average molecular weight is 324 g/mol. The lowest BCUT2D eigenvalue weighted by atomic mass is 10.2. The molecule has 2 rings (SSSR count). The summed E-state index contributed by atoms with van der Waals surface area (Å²) in [6.45, 7) is 1.64. The number of nitriles is 1. The van der Waals surface area contributed by atoms with Crippen molar-refractivity contribution >= 4 is 23.2 Å². The largest absolute Gasteiger partial charge is 0.495 e. The van der Waals surface area contributed by atoms with Gasteiger partial charge < -0.3 is 19.7 Å². The second-order valence-corrected chi connectivity index (χ2v) is 5.26. The van der Waals surface area contributed by atoms with Crippen LogP contribution in [-0.2, 0) is 9.53 Å². The van der Waals surface area contributed by atoms with E-state index in [1.54, 1.807) is 30.2 Å². The molecule has 1 aromatic carbocycles. The molecule has 0 radical (unpaired) electrons. The lowest BCUT2D eigenvalue weighted by Gasteiger charge is -2.31. The monoisotopic (exact) mass is 323 g/mol. The van der Waals surface area contributed by atoms with E-state index in [1.807, 2.05) is 0 Å². The highest BCUT2D eigenvalue weighted by Crippen LogP contribution is 2.27. The Hall–Kier alpha value is -1.97. The lowest BCUT2D eigenvalue weighted by Crippen LogP contribution is -2.48. The first kappa shape index (κ1) is 16.4. The van der Waals surface area contributed by atoms with Crippen molar-refractivity contribution in [3.05, 3.63) is 23.2 Å². The molecule has 0 bridgehead atoms. The van der Waals surface area contributed by atoms with Crippen molar-refractivity contribution in [2.24, 2.45) is 0 Å². The first-order valence-electron chi connectivity index (χ1n) is 7.00. The van der Waals surface area contributed by atoms with Gasteiger partial charge in [0, 0.05) is 24.5 Å². The zero-order valence-corrected chi connectivity index (χ0v) is 13.1. The summed E-state index contributed by atoms with van der Waals surface area (Å²) in [5.41, 5.74) is 0.738. The third-order valence-corrected chi connectivity index (χ3v) is 3.65. The van der Waals surface area contributed by atoms with Gasteiger partial charge in [0.15, 0.2) is 0 Å². The molecule has 1 aliphatic heterocycles. The van der Waals surface area contributed by atoms with Crippen molar-refractivity contribution < 1.29 is 14.3 Å². The highest BCUT2D eigenvalue weighted by Gasteiger charge is 2.26. The van der Waals surface area contributed by atoms with Crippen LogP contribution in [0.2, 0.25) is 5.02 Å². The molecular weight excluding hydrogens is 306 g/mol. The molecule has 0 aliphatic carbocycles. The Kier molecular flexibility index (Phi) is 5.87. The van der Waals surface area contributed by atoms with E-state index in [-0.39, 0.29) is 18.9 Å². The molecule has 1 heterocycles. The summed E-state index contributed by atoms with van der Waals surface area (Å²) in [4.78, 5) is 13.8. The fourth-order valence-electron chi connectivity index (χ4n) is 2.28. The van der Waals surface area contributed by atoms with Gasteiger partial charge in [0.1, 0.15) is 11.8 Å². The Morgan fingerprint density at radius 1 is 1.64 bits per heavy atom. The number of hydrogen-bond donors (Lipinski definition) is 1. The van der Waals surface area contributed by atoms with Crippen LogP contribution >= 0.6 is 11.6 Å². The van der Waals surface area contributed by atoms with Crippen molar-refractivity contribution in [3.63, 3.8) is 0 Å². The molecular formula is C15H18ClN3O3. The van der Waals surface area contributed by atoms with Gasteiger partial charge in [0.05, 0.1) is 32.1 Å². The van der Waals surface area contributed by atoms with Crippen molar-refractivity contribution in [1.82, 2.24) is 4.90 Å². The summed E-state index contributed by atoms with van der Waals surface area (Å²) in [7, 11) is 1.57. The minimum absolute atomic E-state index is 0.0663. The van der Waals surface area contributed by atoms with Gasteiger partial charge in [0.25, 0.3) is 0 Å². The number of carbonyl (C=O) groups excluding carboxylic acids is 1. The summed E-state index contributed by atoms with van der Waals surface area (Å²) < 4.78 is 10.4. The SMILES string of the molecule is COc1ccc(Cl)cc1NCCC(=O)N1CCOC[C@H]1C#N. The Balaban J connectivity index is 1.89. The Bertz CT molecular complexity index is 574. The molecule has 1 saturated heterocycles. The number of methoxy groups -OCH3 is 1. The number of morpholine rings is 1. The molecule has 0 saturated carbocycles. The maximum Gasteiger partial charge on any atom is 0.225 e. The van der Waals surface area contributed by atoms with E-state index in [1.165, 1.54) is 0 Å². The van der Waals surface area contributed by atoms with Crippen molar-refractivity contribution in [3.8, 4) is 11.8 Å². The van der Waals surface area contributed by atoms with Crippen LogP contribution in [0.3, 0.4) is 0 Å². The minimum Gasteiger partial charge on any atom is -0.495 e. The number of carbonyl (C=O) groups is 1. The summed E-state index contributed by atoms with van der Waals surface area (Å²) in [6.07, 6.45) is 0.286. The maximum atomic E-state index is 12.2. The zero-order valence-electron chi connectivity index (χ0n) is 12.3. The lowest BCUT2D eigenvalue weighted by molar-refractivity contribution is -0.137. The van der Waals surface area contributed by atoms with Gasteiger partial charge in [-0.05, 0) is 18.2 Å². The molecule has 1 aliphatic rings. The molecule has 1 amide bonds. The van der Waals surface area contributed by atoms with E-state index in [9.17, 15) is 4.79 Å². The van der Waals surface area contributed by atoms with Gasteiger partial charge in [-0.3, -0.25) is 4.79 Å². The summed E-state index contributed by atoms with van der Waals surface area (Å²) in [6, 6.07) is 6.84. The molecule has 6 nitrogen and oxygen atoms in total. The van der Waals surface area contributed by atoms with Crippen LogP contribution in [0.25, 0.3) is 0 Å². The molecule has 1 atom stereocenters. The standard InChI is InChI=1S/C15H18ClN3O3/c1-21-14-3-2-11(16)8-13(14)18-5-4-15(20)19-6-7-22-10-12(19)9-17/h2-3,8,12,18H,4-7,10H2,1H3/t12-/m1/s1. The molecule has 1 aromatic rings. The Morgan fingerprint density at radius 2 is 2.45 bits per heavy atom. The Morgan fingerprint density at radius 3 is 3.18 bits per heavy atom. The van der Waals surface area contributed by atoms with Crippen LogP contribution in [0.1, 0.15) is 6.42 Å². The van der Waals surface area contributed by atoms with Crippen LogP contribution in [0.15, 0.2) is 18.2 Å². The number of hydrogen-bond acceptors (Lipinski definition) is 5. The topological polar surface area (TPSA) is 74.6 Å². The van der Waals surface area contributed by atoms with E-state index < -0.39 is 6.04 Å². The van der Waals surface area contributed by atoms with Crippen molar-refractivity contribution in [1.29, 1.82) is 5.26 Å². The normalized spacial score (nSPS) is 17.7. The van der Waals surface area contributed by atoms with Crippen LogP contribution < -0.4 is 10.1 Å². The van der Waals surface area contributed by atoms with Crippen molar-refractivity contribution in [2.45, 2.75) is 12.5 Å². The summed E-state index contributed by atoms with van der Waals surface area (Å²) >= 11 is 5.95. The van der Waals surface area contributed by atoms with Crippen molar-refractivity contribution in [2.75, 3.05) is 38.7 Å². The fraction of sp³-hybridized carbons (Fsp3) is 0.467. The number of nitrogens with zero attached hydrogens (tertiary/aromatic N) is 2. The van der Waals surface area contributed by atoms with Crippen LogP contribution in [0.5, 0.6) is 5.75 Å². The van der Waals surface area contributed by atoms with Gasteiger partial charge in [0.2, 0.25) is 5.91 Å². The number of amides is 1. The van der Waals surface area contributed by atoms with Crippen LogP contribution in [0.4, 0.5) is 5.69 Å². The van der Waals surface area contributed by atoms with Gasteiger partial charge in [-0.25, -0.2) is 0 Å². The fourth-order valence-corrected chi connectivity index (χ4v) is 2.45. The first-order chi connectivity index (χ1) is 10.7. The van der Waals surface area contributed by atoms with Gasteiger partial charge >= 0.3 is 0 Å². The van der Waals surface area contributed by atoms with Crippen LogP contribution in [-0.4, -0.2) is 50.3 Å². The minimum atomic E-state index is -0.498. The highest BCUT2D eigenvalue weighted by molar-refractivity contribution is 6.30. The molecule has 118 valence electrons. The molecule has 7 heteroatoms. The van der Waals surface area contributed by atoms with Crippen LogP contribution in [0, 0.1) is 11.3 Å². The van der Waals surface area contributed by atoms with E-state index in [0.717, 1.165) is 5.69 Å². The van der Waals surface area contributed by atoms with Gasteiger partial charge in [-0.15, -0.1) is 0 Å². The third-order valence-electron chi connectivity index (χ3n) is 3.41. The number of rotatable bonds is 5. The zero-order chi connectivity index (χ0) is 15.9. The quantitative estimate of drug-likeness (QED) is 0.895. The molecule has 1 N–H and O–H groups in total. The predicted octanol–water partition coefficient (Wildman–Crippen LogP) is 1.90. The number of ether oxygens (including phenoxy) is 2. The number of benzene rings is 1. The predicted molar refractivity (Wildman–Crippen MR) is 83.0 cm³/mol. The smallest absolute Gasteiger partial charge is 0.225 e. The molecule has 0 spiro atoms. The average Bonchev–Trinajstić information content (AvgIpc) is 2.55. The van der Waals surface area contributed by atoms with Gasteiger partial charge in [-0.1, -0.05) is 11.6 Å². The number of nitrogens with one attached hydrogen (secondary N) is 1. The number of anilines is 1. The van der Waals surface area contributed by atoms with E-state index in [0.29, 0.717) is 30.5 Å². The van der Waals surface area contributed by atoms with E-state index >= 15 is 0 Å². The molecule has 22 heavy (non-hydrogen) atoms. The second-order valence-electron chi connectivity index (χ2n) is 4.83. The van der Waals surface area contributed by atoms with Gasteiger partial charge in [-0.2, -0.15) is 5.26 Å². The number of halogens is 1. The third kappa shape index (κ3) is 4.03.